The summed E-state index contributed by atoms with van der Waals surface area (Å²) in [5.74, 6) is 1.89. The number of rotatable bonds is 5. The Hall–Kier alpha value is -3.28. The lowest BCUT2D eigenvalue weighted by Gasteiger charge is -2.08. The highest BCUT2D eigenvalue weighted by atomic mass is 15.2. The molecule has 0 aliphatic carbocycles. The van der Waals surface area contributed by atoms with Crippen LogP contribution in [0.25, 0.3) is 22.4 Å². The van der Waals surface area contributed by atoms with Gasteiger partial charge in [-0.05, 0) is 11.6 Å². The molecule has 0 atom stereocenters. The Kier molecular flexibility index (Phi) is 4.08. The third kappa shape index (κ3) is 3.19. The minimum absolute atomic E-state index is 0.567. The van der Waals surface area contributed by atoms with Gasteiger partial charge in [0.15, 0.2) is 5.82 Å². The number of anilines is 1. The number of nitrogens with one attached hydrogen (secondary N) is 2. The number of aromatic amines is 1. The van der Waals surface area contributed by atoms with Crippen LogP contribution >= 0.6 is 0 Å². The van der Waals surface area contributed by atoms with Crippen molar-refractivity contribution >= 4 is 16.9 Å². The lowest BCUT2D eigenvalue weighted by atomic mass is 10.2. The lowest BCUT2D eigenvalue weighted by Crippen LogP contribution is -2.08. The number of fused-ring (bicyclic) bond motifs is 1. The molecule has 2 heterocycles. The predicted octanol–water partition coefficient (Wildman–Crippen LogP) is 3.59. The second-order valence-electron chi connectivity index (χ2n) is 5.71. The number of benzene rings is 2. The van der Waals surface area contributed by atoms with E-state index in [-0.39, 0.29) is 0 Å². The van der Waals surface area contributed by atoms with Crippen molar-refractivity contribution in [2.45, 2.75) is 19.9 Å². The van der Waals surface area contributed by atoms with E-state index in [0.29, 0.717) is 18.3 Å². The van der Waals surface area contributed by atoms with E-state index >= 15 is 0 Å². The maximum absolute atomic E-state index is 4.57. The maximum atomic E-state index is 4.57. The molecule has 2 N–H and O–H groups in total. The highest BCUT2D eigenvalue weighted by Gasteiger charge is 2.13. The monoisotopic (exact) mass is 330 g/mol. The molecule has 6 heteroatoms. The van der Waals surface area contributed by atoms with Crippen molar-refractivity contribution in [3.05, 3.63) is 66.0 Å². The third-order valence-electron chi connectivity index (χ3n) is 3.97. The van der Waals surface area contributed by atoms with E-state index in [0.717, 1.165) is 28.8 Å². The molecule has 2 aromatic carbocycles. The van der Waals surface area contributed by atoms with E-state index in [2.05, 4.69) is 42.6 Å². The van der Waals surface area contributed by atoms with Crippen LogP contribution in [0.15, 0.2) is 54.6 Å². The molecule has 0 spiro atoms. The Morgan fingerprint density at radius 1 is 0.920 bits per heavy atom. The van der Waals surface area contributed by atoms with Crippen LogP contribution in [0, 0.1) is 0 Å². The van der Waals surface area contributed by atoms with E-state index in [1.54, 1.807) is 0 Å². The van der Waals surface area contributed by atoms with Gasteiger partial charge in [-0.25, -0.2) is 4.98 Å². The predicted molar refractivity (Wildman–Crippen MR) is 98.1 cm³/mol. The molecule has 124 valence electrons. The molecule has 0 saturated carbocycles. The van der Waals surface area contributed by atoms with Crippen molar-refractivity contribution in [3.8, 4) is 11.5 Å². The van der Waals surface area contributed by atoms with Crippen LogP contribution in [0.5, 0.6) is 0 Å². The van der Waals surface area contributed by atoms with Gasteiger partial charge in [0.1, 0.15) is 11.5 Å². The minimum atomic E-state index is 0.567. The average Bonchev–Trinajstić information content (AvgIpc) is 3.11. The van der Waals surface area contributed by atoms with Crippen LogP contribution in [0.4, 0.5) is 5.95 Å². The summed E-state index contributed by atoms with van der Waals surface area (Å²) < 4.78 is 0. The number of aryl methyl sites for hydroxylation is 1. The summed E-state index contributed by atoms with van der Waals surface area (Å²) in [5, 5.41) is 11.7. The smallest absolute Gasteiger partial charge is 0.226 e. The van der Waals surface area contributed by atoms with Crippen molar-refractivity contribution < 1.29 is 0 Å². The Labute approximate surface area is 145 Å². The maximum Gasteiger partial charge on any atom is 0.226 e. The van der Waals surface area contributed by atoms with E-state index in [1.165, 1.54) is 5.56 Å². The van der Waals surface area contributed by atoms with Crippen molar-refractivity contribution in [1.29, 1.82) is 0 Å². The fraction of sp³-hybridized carbons (Fsp3) is 0.158. The molecule has 0 aliphatic heterocycles. The molecular formula is C19H18N6. The van der Waals surface area contributed by atoms with Crippen LogP contribution in [0.3, 0.4) is 0 Å². The second kappa shape index (κ2) is 6.68. The van der Waals surface area contributed by atoms with Crippen molar-refractivity contribution in [1.82, 2.24) is 25.1 Å². The van der Waals surface area contributed by atoms with Crippen molar-refractivity contribution in [2.75, 3.05) is 5.32 Å². The summed E-state index contributed by atoms with van der Waals surface area (Å²) in [6.07, 6.45) is 0.734. The summed E-state index contributed by atoms with van der Waals surface area (Å²) in [6, 6.07) is 18.1. The molecule has 0 fully saturated rings. The van der Waals surface area contributed by atoms with E-state index in [4.69, 9.17) is 0 Å². The zero-order valence-corrected chi connectivity index (χ0v) is 13.9. The molecule has 0 unspecified atom stereocenters. The topological polar surface area (TPSA) is 79.4 Å². The van der Waals surface area contributed by atoms with Crippen molar-refractivity contribution in [2.24, 2.45) is 0 Å². The van der Waals surface area contributed by atoms with Gasteiger partial charge in [-0.3, -0.25) is 5.10 Å². The van der Waals surface area contributed by atoms with Gasteiger partial charge in [-0.2, -0.15) is 15.1 Å². The Bertz CT molecular complexity index is 993. The Morgan fingerprint density at radius 3 is 2.56 bits per heavy atom. The molecule has 0 radical (unpaired) electrons. The van der Waals surface area contributed by atoms with Crippen LogP contribution < -0.4 is 5.32 Å². The number of hydrogen-bond acceptors (Lipinski definition) is 5. The van der Waals surface area contributed by atoms with E-state index < -0.39 is 0 Å². The molecule has 0 bridgehead atoms. The molecule has 0 amide bonds. The molecule has 4 aromatic rings. The van der Waals surface area contributed by atoms with Gasteiger partial charge < -0.3 is 5.32 Å². The zero-order chi connectivity index (χ0) is 17.1. The van der Waals surface area contributed by atoms with E-state index in [9.17, 15) is 0 Å². The lowest BCUT2D eigenvalue weighted by molar-refractivity contribution is 0.891. The standard InChI is InChI=1S/C19H18N6/c1-2-16-21-18(17-14-10-6-7-11-15(14)24-25-17)23-19(22-16)20-12-13-8-4-3-5-9-13/h3-11H,2,12H2,1H3,(H,24,25)(H,20,21,22,23). The molecule has 2 aromatic heterocycles. The van der Waals surface area contributed by atoms with Crippen LogP contribution in [-0.4, -0.2) is 25.1 Å². The van der Waals surface area contributed by atoms with Crippen LogP contribution in [-0.2, 0) is 13.0 Å². The van der Waals surface area contributed by atoms with Gasteiger partial charge in [0.25, 0.3) is 0 Å². The van der Waals surface area contributed by atoms with Gasteiger partial charge in [0.2, 0.25) is 5.95 Å². The largest absolute Gasteiger partial charge is 0.350 e. The Morgan fingerprint density at radius 2 is 1.72 bits per heavy atom. The van der Waals surface area contributed by atoms with Crippen LogP contribution in [0.2, 0.25) is 0 Å². The fourth-order valence-corrected chi connectivity index (χ4v) is 2.67. The summed E-state index contributed by atoms with van der Waals surface area (Å²) in [6.45, 7) is 2.69. The number of nitrogens with zero attached hydrogens (tertiary/aromatic N) is 4. The first-order valence-corrected chi connectivity index (χ1v) is 8.29. The van der Waals surface area contributed by atoms with Gasteiger partial charge in [-0.1, -0.05) is 55.5 Å². The number of H-pyrrole nitrogens is 1. The molecule has 4 rings (SSSR count). The highest BCUT2D eigenvalue weighted by molar-refractivity contribution is 5.91. The number of aromatic nitrogens is 5. The van der Waals surface area contributed by atoms with Gasteiger partial charge in [-0.15, -0.1) is 0 Å². The zero-order valence-electron chi connectivity index (χ0n) is 13.9. The number of hydrogen-bond donors (Lipinski definition) is 2. The molecule has 6 nitrogen and oxygen atoms in total. The molecule has 0 saturated heterocycles. The van der Waals surface area contributed by atoms with Gasteiger partial charge in [0, 0.05) is 18.4 Å². The minimum Gasteiger partial charge on any atom is -0.350 e. The third-order valence-corrected chi connectivity index (χ3v) is 3.97. The summed E-state index contributed by atoms with van der Waals surface area (Å²) in [5.41, 5.74) is 2.89. The number of para-hydroxylation sites is 1. The van der Waals surface area contributed by atoms with Gasteiger partial charge >= 0.3 is 0 Å². The van der Waals surface area contributed by atoms with E-state index in [1.807, 2.05) is 49.4 Å². The second-order valence-corrected chi connectivity index (χ2v) is 5.71. The Balaban J connectivity index is 1.68. The van der Waals surface area contributed by atoms with Gasteiger partial charge in [0.05, 0.1) is 5.52 Å². The highest BCUT2D eigenvalue weighted by Crippen LogP contribution is 2.24. The molecular weight excluding hydrogens is 312 g/mol. The first-order valence-electron chi connectivity index (χ1n) is 8.29. The normalized spacial score (nSPS) is 10.9. The average molecular weight is 330 g/mol. The fourth-order valence-electron chi connectivity index (χ4n) is 2.67. The summed E-state index contributed by atoms with van der Waals surface area (Å²) >= 11 is 0. The summed E-state index contributed by atoms with van der Waals surface area (Å²) in [7, 11) is 0. The van der Waals surface area contributed by atoms with Crippen LogP contribution in [0.1, 0.15) is 18.3 Å². The summed E-state index contributed by atoms with van der Waals surface area (Å²) in [4.78, 5) is 13.6. The first kappa shape index (κ1) is 15.3. The van der Waals surface area contributed by atoms with Crippen molar-refractivity contribution in [3.63, 3.8) is 0 Å². The quantitative estimate of drug-likeness (QED) is 0.584. The molecule has 0 aliphatic rings. The molecule has 25 heavy (non-hydrogen) atoms. The first-order chi connectivity index (χ1) is 12.3. The SMILES string of the molecule is CCc1nc(NCc2ccccc2)nc(-c2n[nH]c3ccccc23)n1.